The molecule has 5 nitrogen and oxygen atoms in total. The number of aliphatic imine (C=N–C) groups is 1. The lowest BCUT2D eigenvalue weighted by molar-refractivity contribution is 0.428. The molecular formula is C12H22IN5. The zero-order valence-corrected chi connectivity index (χ0v) is 13.2. The van der Waals surface area contributed by atoms with Crippen molar-refractivity contribution in [2.45, 2.75) is 32.2 Å². The maximum absolute atomic E-state index is 6.01. The van der Waals surface area contributed by atoms with Gasteiger partial charge in [0.15, 0.2) is 5.96 Å². The number of nitrogens with two attached hydrogens (primary N) is 1. The van der Waals surface area contributed by atoms with Crippen molar-refractivity contribution in [3.8, 4) is 0 Å². The van der Waals surface area contributed by atoms with Crippen LogP contribution in [0.4, 0.5) is 0 Å². The Kier molecular flexibility index (Phi) is 6.45. The highest BCUT2D eigenvalue weighted by atomic mass is 127. The molecule has 18 heavy (non-hydrogen) atoms. The number of aromatic nitrogens is 2. The van der Waals surface area contributed by atoms with E-state index in [0.717, 1.165) is 18.8 Å². The van der Waals surface area contributed by atoms with Gasteiger partial charge >= 0.3 is 0 Å². The second-order valence-corrected chi connectivity index (χ2v) is 4.56. The highest BCUT2D eigenvalue weighted by molar-refractivity contribution is 14.0. The van der Waals surface area contributed by atoms with Crippen molar-refractivity contribution in [3.05, 3.63) is 18.0 Å². The molecule has 1 aromatic heterocycles. The van der Waals surface area contributed by atoms with Gasteiger partial charge in [0, 0.05) is 26.3 Å². The normalized spacial score (nSPS) is 17.2. The van der Waals surface area contributed by atoms with Crippen LogP contribution in [-0.2, 0) is 13.6 Å². The molecule has 0 spiro atoms. The minimum Gasteiger partial charge on any atom is -0.370 e. The van der Waals surface area contributed by atoms with Crippen molar-refractivity contribution >= 4 is 29.9 Å². The van der Waals surface area contributed by atoms with Crippen molar-refractivity contribution in [2.24, 2.45) is 17.8 Å². The van der Waals surface area contributed by atoms with Crippen LogP contribution in [0.25, 0.3) is 0 Å². The number of rotatable bonds is 2. The molecule has 1 aliphatic rings. The van der Waals surface area contributed by atoms with E-state index in [4.69, 9.17) is 5.73 Å². The average molecular weight is 363 g/mol. The largest absolute Gasteiger partial charge is 0.370 e. The van der Waals surface area contributed by atoms with Crippen molar-refractivity contribution in [3.63, 3.8) is 0 Å². The van der Waals surface area contributed by atoms with Crippen molar-refractivity contribution in [1.82, 2.24) is 14.7 Å². The third-order valence-electron chi connectivity index (χ3n) is 3.10. The maximum atomic E-state index is 6.01. The predicted octanol–water partition coefficient (Wildman–Crippen LogP) is 1.73. The van der Waals surface area contributed by atoms with Gasteiger partial charge in [-0.1, -0.05) is 12.8 Å². The van der Waals surface area contributed by atoms with Crippen LogP contribution in [0.2, 0.25) is 0 Å². The van der Waals surface area contributed by atoms with E-state index in [1.165, 1.54) is 25.7 Å². The van der Waals surface area contributed by atoms with E-state index >= 15 is 0 Å². The van der Waals surface area contributed by atoms with Gasteiger partial charge in [0.1, 0.15) is 0 Å². The molecule has 2 heterocycles. The first-order chi connectivity index (χ1) is 8.25. The van der Waals surface area contributed by atoms with Gasteiger partial charge in [0.2, 0.25) is 0 Å². The van der Waals surface area contributed by atoms with E-state index in [0.29, 0.717) is 12.5 Å². The third kappa shape index (κ3) is 4.47. The number of nitrogens with zero attached hydrogens (tertiary/aromatic N) is 4. The fourth-order valence-corrected chi connectivity index (χ4v) is 2.11. The Morgan fingerprint density at radius 3 is 2.56 bits per heavy atom. The summed E-state index contributed by atoms with van der Waals surface area (Å²) < 4.78 is 1.78. The van der Waals surface area contributed by atoms with Crippen LogP contribution in [-0.4, -0.2) is 33.7 Å². The second-order valence-electron chi connectivity index (χ2n) is 4.56. The Hall–Kier alpha value is -0.790. The molecule has 0 bridgehead atoms. The molecule has 1 aromatic rings. The van der Waals surface area contributed by atoms with Gasteiger partial charge in [-0.3, -0.25) is 4.68 Å². The lowest BCUT2D eigenvalue weighted by atomic mass is 10.2. The highest BCUT2D eigenvalue weighted by Crippen LogP contribution is 2.09. The van der Waals surface area contributed by atoms with E-state index in [1.807, 2.05) is 19.3 Å². The molecule has 0 saturated carbocycles. The van der Waals surface area contributed by atoms with E-state index < -0.39 is 0 Å². The summed E-state index contributed by atoms with van der Waals surface area (Å²) in [4.78, 5) is 6.61. The molecule has 0 amide bonds. The summed E-state index contributed by atoms with van der Waals surface area (Å²) in [6, 6.07) is 1.97. The van der Waals surface area contributed by atoms with Crippen LogP contribution in [0.1, 0.15) is 31.4 Å². The van der Waals surface area contributed by atoms with Crippen molar-refractivity contribution in [2.75, 3.05) is 13.1 Å². The van der Waals surface area contributed by atoms with Gasteiger partial charge < -0.3 is 10.6 Å². The summed E-state index contributed by atoms with van der Waals surface area (Å²) in [5.74, 6) is 0.664. The van der Waals surface area contributed by atoms with Crippen molar-refractivity contribution in [1.29, 1.82) is 0 Å². The maximum Gasteiger partial charge on any atom is 0.191 e. The first-order valence-electron chi connectivity index (χ1n) is 6.29. The Morgan fingerprint density at radius 1 is 1.33 bits per heavy atom. The molecular weight excluding hydrogens is 341 g/mol. The Balaban J connectivity index is 0.00000162. The van der Waals surface area contributed by atoms with Crippen LogP contribution in [0, 0.1) is 0 Å². The van der Waals surface area contributed by atoms with Gasteiger partial charge in [-0.05, 0) is 18.9 Å². The minimum atomic E-state index is 0. The molecule has 102 valence electrons. The second kappa shape index (κ2) is 7.60. The first kappa shape index (κ1) is 15.3. The summed E-state index contributed by atoms with van der Waals surface area (Å²) in [5.41, 5.74) is 6.98. The molecule has 1 fully saturated rings. The van der Waals surface area contributed by atoms with Gasteiger partial charge in [-0.15, -0.1) is 24.0 Å². The Morgan fingerprint density at radius 2 is 2.00 bits per heavy atom. The molecule has 0 aliphatic carbocycles. The number of likely N-dealkylation sites (tertiary alicyclic amines) is 1. The third-order valence-corrected chi connectivity index (χ3v) is 3.10. The molecule has 2 N–H and O–H groups in total. The van der Waals surface area contributed by atoms with Gasteiger partial charge in [-0.2, -0.15) is 5.10 Å². The van der Waals surface area contributed by atoms with E-state index in [1.54, 1.807) is 4.68 Å². The summed E-state index contributed by atoms with van der Waals surface area (Å²) >= 11 is 0. The zero-order chi connectivity index (χ0) is 12.1. The Labute approximate surface area is 125 Å². The molecule has 1 saturated heterocycles. The van der Waals surface area contributed by atoms with Gasteiger partial charge in [0.25, 0.3) is 0 Å². The molecule has 2 rings (SSSR count). The monoisotopic (exact) mass is 363 g/mol. The highest BCUT2D eigenvalue weighted by Gasteiger charge is 2.10. The van der Waals surface area contributed by atoms with Crippen LogP contribution < -0.4 is 5.73 Å². The Bertz CT molecular complexity index is 380. The number of halogens is 1. The van der Waals surface area contributed by atoms with Gasteiger partial charge in [0.05, 0.1) is 12.2 Å². The molecule has 0 atom stereocenters. The van der Waals surface area contributed by atoms with E-state index in [-0.39, 0.29) is 24.0 Å². The number of guanidine groups is 1. The zero-order valence-electron chi connectivity index (χ0n) is 10.9. The van der Waals surface area contributed by atoms with Crippen LogP contribution in [0.15, 0.2) is 17.3 Å². The van der Waals surface area contributed by atoms with Crippen LogP contribution in [0.3, 0.4) is 0 Å². The fraction of sp³-hybridized carbons (Fsp3) is 0.667. The SMILES string of the molecule is Cn1ccc(CN=C(N)N2CCCCCC2)n1.I. The number of hydrogen-bond donors (Lipinski definition) is 1. The van der Waals surface area contributed by atoms with E-state index in [9.17, 15) is 0 Å². The number of aryl methyl sites for hydroxylation is 1. The quantitative estimate of drug-likeness (QED) is 0.495. The smallest absolute Gasteiger partial charge is 0.191 e. The standard InChI is InChI=1S/C12H21N5.HI/c1-16-9-6-11(15-16)10-14-12(13)17-7-4-2-3-5-8-17;/h6,9H,2-5,7-8,10H2,1H3,(H2,13,14);1H. The van der Waals surface area contributed by atoms with Crippen molar-refractivity contribution < 1.29 is 0 Å². The molecule has 1 aliphatic heterocycles. The molecule has 0 aromatic carbocycles. The van der Waals surface area contributed by atoms with E-state index in [2.05, 4.69) is 15.0 Å². The summed E-state index contributed by atoms with van der Waals surface area (Å²) in [5, 5.41) is 4.28. The molecule has 0 radical (unpaired) electrons. The fourth-order valence-electron chi connectivity index (χ4n) is 2.11. The topological polar surface area (TPSA) is 59.4 Å². The lowest BCUT2D eigenvalue weighted by Gasteiger charge is -2.20. The van der Waals surface area contributed by atoms with Gasteiger partial charge in [-0.25, -0.2) is 4.99 Å². The lowest BCUT2D eigenvalue weighted by Crippen LogP contribution is -2.38. The first-order valence-corrected chi connectivity index (χ1v) is 6.29. The summed E-state index contributed by atoms with van der Waals surface area (Å²) in [6.45, 7) is 2.65. The summed E-state index contributed by atoms with van der Waals surface area (Å²) in [6.07, 6.45) is 6.99. The van der Waals surface area contributed by atoms with Crippen LogP contribution >= 0.6 is 24.0 Å². The molecule has 0 unspecified atom stereocenters. The number of hydrogen-bond acceptors (Lipinski definition) is 2. The summed E-state index contributed by atoms with van der Waals surface area (Å²) in [7, 11) is 1.91. The minimum absolute atomic E-state index is 0. The average Bonchev–Trinajstić information content (AvgIpc) is 2.58. The molecule has 6 heteroatoms. The predicted molar refractivity (Wildman–Crippen MR) is 84.0 cm³/mol. The van der Waals surface area contributed by atoms with Crippen LogP contribution in [0.5, 0.6) is 0 Å².